The van der Waals surface area contributed by atoms with Crippen molar-refractivity contribution < 1.29 is 28.0 Å². The molecule has 0 fully saturated rings. The quantitative estimate of drug-likeness (QED) is 0.0367. The zero-order chi connectivity index (χ0) is 31.3. The first kappa shape index (κ1) is 40.8. The molecule has 0 heterocycles. The Morgan fingerprint density at radius 2 is 1.05 bits per heavy atom. The molecule has 0 aromatic rings. The second-order valence-electron chi connectivity index (χ2n) is 11.9. The lowest BCUT2D eigenvalue weighted by molar-refractivity contribution is -0.130. The maximum absolute atomic E-state index is 12.5. The molecule has 3 atom stereocenters. The van der Waals surface area contributed by atoms with Gasteiger partial charge in [0.2, 0.25) is 5.91 Å². The van der Waals surface area contributed by atoms with Crippen molar-refractivity contribution >= 4 is 16.0 Å². The molecule has 0 spiro atoms. The second-order valence-corrected chi connectivity index (χ2v) is 13.4. The van der Waals surface area contributed by atoms with E-state index in [-0.39, 0.29) is 6.42 Å². The molecule has 0 aliphatic rings. The van der Waals surface area contributed by atoms with Gasteiger partial charge in [-0.25, -0.2) is 0 Å². The summed E-state index contributed by atoms with van der Waals surface area (Å²) in [6.45, 7) is 4.45. The first-order valence-electron chi connectivity index (χ1n) is 17.1. The molecule has 4 N–H and O–H groups in total. The number of nitrogens with one attached hydrogen (secondary N) is 1. The molecule has 7 nitrogen and oxygen atoms in total. The highest BCUT2D eigenvalue weighted by Crippen LogP contribution is 2.13. The number of aliphatic hydroxyl groups excluding tert-OH is 2. The van der Waals surface area contributed by atoms with Crippen molar-refractivity contribution in [2.24, 2.45) is 0 Å². The lowest BCUT2D eigenvalue weighted by atomic mass is 10.1. The fourth-order valence-corrected chi connectivity index (χ4v) is 5.77. The van der Waals surface area contributed by atoms with Crippen LogP contribution < -0.4 is 5.32 Å². The average Bonchev–Trinajstić information content (AvgIpc) is 2.94. The number of allylic oxidation sites excluding steroid dienone is 3. The van der Waals surface area contributed by atoms with Crippen LogP contribution in [0.15, 0.2) is 24.3 Å². The van der Waals surface area contributed by atoms with E-state index in [0.29, 0.717) is 6.42 Å². The molecule has 0 aliphatic carbocycles. The SMILES string of the molecule is CCCCCCCCC/C=C\CCCCCCC(O)C(=O)NC(CS(=O)(=O)O)C(O)/C=C/CCCCCCCCCC. The molecule has 0 aromatic carbocycles. The number of hydrogen-bond acceptors (Lipinski definition) is 5. The molecule has 8 heteroatoms. The highest BCUT2D eigenvalue weighted by Gasteiger charge is 2.27. The molecule has 1 amide bonds. The van der Waals surface area contributed by atoms with E-state index in [2.05, 4.69) is 31.3 Å². The Bertz CT molecular complexity index is 783. The highest BCUT2D eigenvalue weighted by molar-refractivity contribution is 7.85. The minimum atomic E-state index is -4.43. The summed E-state index contributed by atoms with van der Waals surface area (Å²) in [5.41, 5.74) is 0. The molecule has 3 unspecified atom stereocenters. The van der Waals surface area contributed by atoms with Gasteiger partial charge in [-0.15, -0.1) is 0 Å². The minimum Gasteiger partial charge on any atom is -0.387 e. The van der Waals surface area contributed by atoms with Crippen molar-refractivity contribution in [2.45, 2.75) is 180 Å². The highest BCUT2D eigenvalue weighted by atomic mass is 32.2. The van der Waals surface area contributed by atoms with Crippen LogP contribution in [0.25, 0.3) is 0 Å². The van der Waals surface area contributed by atoms with Crippen LogP contribution in [0.5, 0.6) is 0 Å². The van der Waals surface area contributed by atoms with Crippen LogP contribution in [0.3, 0.4) is 0 Å². The number of amides is 1. The maximum atomic E-state index is 12.5. The lowest BCUT2D eigenvalue weighted by Gasteiger charge is -2.22. The maximum Gasteiger partial charge on any atom is 0.267 e. The Morgan fingerprint density at radius 1 is 0.643 bits per heavy atom. The van der Waals surface area contributed by atoms with Gasteiger partial charge in [0.1, 0.15) is 6.10 Å². The molecule has 0 bridgehead atoms. The number of rotatable bonds is 30. The number of hydrogen-bond donors (Lipinski definition) is 4. The van der Waals surface area contributed by atoms with Gasteiger partial charge in [0.05, 0.1) is 17.9 Å². The van der Waals surface area contributed by atoms with Crippen LogP contribution in [-0.2, 0) is 14.9 Å². The van der Waals surface area contributed by atoms with Crippen molar-refractivity contribution in [3.05, 3.63) is 24.3 Å². The van der Waals surface area contributed by atoms with Crippen LogP contribution in [0.1, 0.15) is 162 Å². The first-order chi connectivity index (χ1) is 20.2. The van der Waals surface area contributed by atoms with E-state index in [1.54, 1.807) is 6.08 Å². The van der Waals surface area contributed by atoms with E-state index < -0.39 is 40.0 Å². The van der Waals surface area contributed by atoms with E-state index in [0.717, 1.165) is 51.4 Å². The van der Waals surface area contributed by atoms with E-state index in [9.17, 15) is 28.0 Å². The van der Waals surface area contributed by atoms with Gasteiger partial charge in [0.15, 0.2) is 0 Å². The van der Waals surface area contributed by atoms with Gasteiger partial charge < -0.3 is 15.5 Å². The van der Waals surface area contributed by atoms with Gasteiger partial charge in [-0.05, 0) is 44.9 Å². The molecule has 0 saturated carbocycles. The largest absolute Gasteiger partial charge is 0.387 e. The summed E-state index contributed by atoms with van der Waals surface area (Å²) in [5, 5.41) is 23.2. The van der Waals surface area contributed by atoms with Crippen molar-refractivity contribution in [2.75, 3.05) is 5.75 Å². The van der Waals surface area contributed by atoms with Gasteiger partial charge in [0, 0.05) is 0 Å². The van der Waals surface area contributed by atoms with Crippen LogP contribution in [0, 0.1) is 0 Å². The van der Waals surface area contributed by atoms with Crippen LogP contribution in [-0.4, -0.2) is 53.1 Å². The van der Waals surface area contributed by atoms with Crippen LogP contribution in [0.4, 0.5) is 0 Å². The third-order valence-electron chi connectivity index (χ3n) is 7.73. The number of carbonyl (C=O) groups excluding carboxylic acids is 1. The molecule has 0 rings (SSSR count). The Hall–Kier alpha value is -1.22. The van der Waals surface area contributed by atoms with Gasteiger partial charge in [0.25, 0.3) is 10.1 Å². The monoisotopic (exact) mass is 615 g/mol. The van der Waals surface area contributed by atoms with Crippen molar-refractivity contribution in [3.8, 4) is 0 Å². The minimum absolute atomic E-state index is 0.267. The Labute approximate surface area is 258 Å². The summed E-state index contributed by atoms with van der Waals surface area (Å²) in [5.74, 6) is -1.55. The van der Waals surface area contributed by atoms with Crippen molar-refractivity contribution in [1.29, 1.82) is 0 Å². The Morgan fingerprint density at radius 3 is 1.50 bits per heavy atom. The summed E-state index contributed by atoms with van der Waals surface area (Å²) in [4.78, 5) is 12.5. The van der Waals surface area contributed by atoms with Gasteiger partial charge in [-0.2, -0.15) is 8.42 Å². The van der Waals surface area contributed by atoms with Crippen LogP contribution in [0.2, 0.25) is 0 Å². The molecule has 248 valence electrons. The predicted octanol–water partition coefficient (Wildman–Crippen LogP) is 8.21. The fourth-order valence-electron chi connectivity index (χ4n) is 5.04. The van der Waals surface area contributed by atoms with Crippen molar-refractivity contribution in [3.63, 3.8) is 0 Å². The topological polar surface area (TPSA) is 124 Å². The summed E-state index contributed by atoms with van der Waals surface area (Å²) in [6.07, 6.45) is 30.9. The molecular formula is C34H65NO6S. The molecular weight excluding hydrogens is 550 g/mol. The number of unbranched alkanes of at least 4 members (excludes halogenated alkanes) is 19. The van der Waals surface area contributed by atoms with Crippen LogP contribution >= 0.6 is 0 Å². The summed E-state index contributed by atoms with van der Waals surface area (Å²) < 4.78 is 32.2. The molecule has 0 aliphatic heterocycles. The Balaban J connectivity index is 4.16. The fraction of sp³-hybridized carbons (Fsp3) is 0.853. The summed E-state index contributed by atoms with van der Waals surface area (Å²) in [6, 6.07) is -1.23. The average molecular weight is 616 g/mol. The molecule has 42 heavy (non-hydrogen) atoms. The zero-order valence-corrected chi connectivity index (χ0v) is 27.8. The third kappa shape index (κ3) is 27.6. The second kappa shape index (κ2) is 28.5. The number of aliphatic hydroxyl groups is 2. The summed E-state index contributed by atoms with van der Waals surface area (Å²) in [7, 11) is -4.43. The Kier molecular flexibility index (Phi) is 27.7. The predicted molar refractivity (Wildman–Crippen MR) is 176 cm³/mol. The smallest absolute Gasteiger partial charge is 0.267 e. The zero-order valence-electron chi connectivity index (χ0n) is 27.0. The van der Waals surface area contributed by atoms with Gasteiger partial charge in [-0.3, -0.25) is 9.35 Å². The normalized spacial score (nSPS) is 14.5. The lowest BCUT2D eigenvalue weighted by Crippen LogP contribution is -2.50. The van der Waals surface area contributed by atoms with Gasteiger partial charge in [-0.1, -0.05) is 141 Å². The molecule has 0 saturated heterocycles. The molecule has 0 aromatic heterocycles. The van der Waals surface area contributed by atoms with E-state index >= 15 is 0 Å². The standard InChI is InChI=1S/C34H65NO6S/c1-3-5-7-9-11-13-15-16-17-18-19-21-23-25-27-29-33(37)34(38)35-31(30-42(39,40)41)32(36)28-26-24-22-20-14-12-10-8-6-4-2/h17-18,26,28,31-33,36-37H,3-16,19-25,27,29-30H2,1-2H3,(H,35,38)(H,39,40,41)/b18-17-,28-26+. The van der Waals surface area contributed by atoms with E-state index in [1.165, 1.54) is 89.5 Å². The number of carbonyl (C=O) groups is 1. The molecule has 0 radical (unpaired) electrons. The van der Waals surface area contributed by atoms with E-state index in [4.69, 9.17) is 0 Å². The van der Waals surface area contributed by atoms with Gasteiger partial charge >= 0.3 is 0 Å². The van der Waals surface area contributed by atoms with Crippen molar-refractivity contribution in [1.82, 2.24) is 5.32 Å². The third-order valence-corrected chi connectivity index (χ3v) is 8.51. The first-order valence-corrected chi connectivity index (χ1v) is 18.8. The summed E-state index contributed by atoms with van der Waals surface area (Å²) >= 11 is 0. The van der Waals surface area contributed by atoms with E-state index in [1.807, 2.05) is 0 Å².